The van der Waals surface area contributed by atoms with Crippen molar-refractivity contribution in [2.75, 3.05) is 7.11 Å². The first-order valence-corrected chi connectivity index (χ1v) is 15.6. The molecule has 0 amide bonds. The number of hydrogen-bond acceptors (Lipinski definition) is 4. The average Bonchev–Trinajstić information content (AvgIpc) is 2.47. The van der Waals surface area contributed by atoms with E-state index in [1.54, 1.807) is 0 Å². The second-order valence-corrected chi connectivity index (χ2v) is 20.1. The molecular formula is C21H40O4Si2. The fourth-order valence-electron chi connectivity index (χ4n) is 2.41. The van der Waals surface area contributed by atoms with E-state index in [0.717, 1.165) is 5.57 Å². The number of esters is 1. The maximum Gasteiger partial charge on any atom is 0.333 e. The molecule has 0 aliphatic heterocycles. The van der Waals surface area contributed by atoms with Gasteiger partial charge in [-0.05, 0) is 47.9 Å². The van der Waals surface area contributed by atoms with Crippen molar-refractivity contribution in [1.82, 2.24) is 0 Å². The number of methoxy groups -OCH3 is 1. The fourth-order valence-corrected chi connectivity index (χ4v) is 4.92. The molecule has 4 nitrogen and oxygen atoms in total. The molecule has 0 unspecified atom stereocenters. The predicted molar refractivity (Wildman–Crippen MR) is 118 cm³/mol. The van der Waals surface area contributed by atoms with Gasteiger partial charge in [-0.25, -0.2) is 4.79 Å². The van der Waals surface area contributed by atoms with Crippen LogP contribution in [-0.4, -0.2) is 41.9 Å². The monoisotopic (exact) mass is 412 g/mol. The van der Waals surface area contributed by atoms with Gasteiger partial charge >= 0.3 is 5.97 Å². The van der Waals surface area contributed by atoms with Gasteiger partial charge in [-0.2, -0.15) is 0 Å². The van der Waals surface area contributed by atoms with Gasteiger partial charge in [-0.1, -0.05) is 48.1 Å². The first-order chi connectivity index (χ1) is 11.9. The highest BCUT2D eigenvalue weighted by molar-refractivity contribution is 6.74. The Morgan fingerprint density at radius 3 is 1.85 bits per heavy atom. The van der Waals surface area contributed by atoms with Crippen molar-refractivity contribution in [3.05, 3.63) is 23.8 Å². The summed E-state index contributed by atoms with van der Waals surface area (Å²) in [5, 5.41) is 0.148. The minimum atomic E-state index is -2.04. The number of carbonyl (C=O) groups excluding carboxylic acids is 1. The zero-order valence-electron chi connectivity index (χ0n) is 19.3. The zero-order valence-corrected chi connectivity index (χ0v) is 21.3. The Morgan fingerprint density at radius 2 is 1.44 bits per heavy atom. The van der Waals surface area contributed by atoms with Crippen LogP contribution < -0.4 is 0 Å². The van der Waals surface area contributed by atoms with Gasteiger partial charge in [0.05, 0.1) is 19.3 Å². The molecule has 0 spiro atoms. The first-order valence-electron chi connectivity index (χ1n) is 9.76. The maximum atomic E-state index is 12.3. The summed E-state index contributed by atoms with van der Waals surface area (Å²) in [5.41, 5.74) is 1.54. The summed E-state index contributed by atoms with van der Waals surface area (Å²) < 4.78 is 18.2. The van der Waals surface area contributed by atoms with Gasteiger partial charge in [0.25, 0.3) is 0 Å². The number of rotatable bonds is 5. The minimum absolute atomic E-state index is 0.0692. The molecule has 0 saturated carbocycles. The van der Waals surface area contributed by atoms with Crippen molar-refractivity contribution < 1.29 is 18.4 Å². The lowest BCUT2D eigenvalue weighted by Crippen LogP contribution is -2.49. The van der Waals surface area contributed by atoms with Gasteiger partial charge < -0.3 is 13.6 Å². The third-order valence-electron chi connectivity index (χ3n) is 6.46. The molecule has 1 rings (SSSR count). The highest BCUT2D eigenvalue weighted by Crippen LogP contribution is 2.42. The third-order valence-corrected chi connectivity index (χ3v) is 15.4. The summed E-state index contributed by atoms with van der Waals surface area (Å²) in [5.74, 6) is -0.310. The van der Waals surface area contributed by atoms with Crippen LogP contribution in [0.5, 0.6) is 0 Å². The van der Waals surface area contributed by atoms with Gasteiger partial charge in [0.2, 0.25) is 0 Å². The van der Waals surface area contributed by atoms with Gasteiger partial charge in [0.1, 0.15) is 0 Å². The molecule has 0 saturated heterocycles. The normalized spacial score (nSPS) is 22.5. The summed E-state index contributed by atoms with van der Waals surface area (Å²) in [6.07, 6.45) is 1.85. The molecule has 0 bridgehead atoms. The molecule has 6 heteroatoms. The largest absolute Gasteiger partial charge is 0.466 e. The molecule has 27 heavy (non-hydrogen) atoms. The van der Waals surface area contributed by atoms with Gasteiger partial charge in [-0.15, -0.1) is 0 Å². The lowest BCUT2D eigenvalue weighted by atomic mass is 9.91. The molecule has 0 fully saturated rings. The molecular weight excluding hydrogens is 372 g/mol. The van der Waals surface area contributed by atoms with Crippen molar-refractivity contribution in [1.29, 1.82) is 0 Å². The highest BCUT2D eigenvalue weighted by atomic mass is 28.4. The van der Waals surface area contributed by atoms with Crippen LogP contribution in [-0.2, 0) is 18.4 Å². The summed E-state index contributed by atoms with van der Waals surface area (Å²) in [6.45, 7) is 26.5. The summed E-state index contributed by atoms with van der Waals surface area (Å²) >= 11 is 0. The fraction of sp³-hybridized carbons (Fsp3) is 0.762. The lowest BCUT2D eigenvalue weighted by Gasteiger charge is -2.44. The van der Waals surface area contributed by atoms with E-state index in [0.29, 0.717) is 12.0 Å². The Hall–Kier alpha value is -0.696. The number of ether oxygens (including phenoxy) is 1. The van der Waals surface area contributed by atoms with E-state index in [4.69, 9.17) is 13.6 Å². The first kappa shape index (κ1) is 24.3. The molecule has 2 atom stereocenters. The second-order valence-electron chi connectivity index (χ2n) is 10.6. The maximum absolute atomic E-state index is 12.3. The van der Waals surface area contributed by atoms with Crippen LogP contribution in [0.4, 0.5) is 0 Å². The molecule has 0 radical (unpaired) electrons. The molecule has 0 aromatic heterocycles. The van der Waals surface area contributed by atoms with E-state index in [-0.39, 0.29) is 28.3 Å². The topological polar surface area (TPSA) is 44.8 Å². The van der Waals surface area contributed by atoms with Gasteiger partial charge in [0, 0.05) is 12.0 Å². The van der Waals surface area contributed by atoms with E-state index < -0.39 is 16.6 Å². The summed E-state index contributed by atoms with van der Waals surface area (Å²) in [4.78, 5) is 12.3. The quantitative estimate of drug-likeness (QED) is 0.324. The standard InChI is InChI=1S/C21H40O4Si2/c1-15-17(24-26(9,10)20(2,3)4)13-16(19(22)23-8)14-18(15)25-27(11,12)21(5,6)7/h13,17-18H,1,14H2,2-12H3/t17-,18-/m1/s1. The van der Waals surface area contributed by atoms with Crippen LogP contribution in [0.3, 0.4) is 0 Å². The van der Waals surface area contributed by atoms with E-state index in [9.17, 15) is 4.79 Å². The Labute approximate surface area is 168 Å². The highest BCUT2D eigenvalue weighted by Gasteiger charge is 2.44. The predicted octanol–water partition coefficient (Wildman–Crippen LogP) is 5.83. The van der Waals surface area contributed by atoms with Crippen molar-refractivity contribution in [3.8, 4) is 0 Å². The van der Waals surface area contributed by atoms with Crippen LogP contribution >= 0.6 is 0 Å². The number of carbonyl (C=O) groups is 1. The Balaban J connectivity index is 3.23. The van der Waals surface area contributed by atoms with Crippen molar-refractivity contribution in [3.63, 3.8) is 0 Å². The van der Waals surface area contributed by atoms with Crippen LogP contribution in [0.15, 0.2) is 23.8 Å². The van der Waals surface area contributed by atoms with Gasteiger partial charge in [-0.3, -0.25) is 0 Å². The van der Waals surface area contributed by atoms with Crippen LogP contribution in [0.25, 0.3) is 0 Å². The average molecular weight is 413 g/mol. The van der Waals surface area contributed by atoms with Crippen molar-refractivity contribution in [2.24, 2.45) is 0 Å². The Bertz CT molecular complexity index is 607. The third kappa shape index (κ3) is 5.65. The van der Waals surface area contributed by atoms with Crippen LogP contribution in [0, 0.1) is 0 Å². The van der Waals surface area contributed by atoms with Crippen molar-refractivity contribution in [2.45, 2.75) is 96.4 Å². The molecule has 0 heterocycles. The van der Waals surface area contributed by atoms with E-state index >= 15 is 0 Å². The number of hydrogen-bond donors (Lipinski definition) is 0. The summed E-state index contributed by atoms with van der Waals surface area (Å²) in [7, 11) is -2.64. The van der Waals surface area contributed by atoms with Crippen LogP contribution in [0.2, 0.25) is 36.3 Å². The minimum Gasteiger partial charge on any atom is -0.466 e. The smallest absolute Gasteiger partial charge is 0.333 e. The molecule has 156 valence electrons. The zero-order chi connectivity index (χ0) is 21.4. The van der Waals surface area contributed by atoms with Gasteiger partial charge in [0.15, 0.2) is 16.6 Å². The van der Waals surface area contributed by atoms with E-state index in [1.807, 2.05) is 6.08 Å². The Morgan fingerprint density at radius 1 is 1.00 bits per heavy atom. The van der Waals surface area contributed by atoms with Crippen LogP contribution in [0.1, 0.15) is 48.0 Å². The molecule has 1 aliphatic carbocycles. The molecule has 1 aliphatic rings. The van der Waals surface area contributed by atoms with Crippen molar-refractivity contribution >= 4 is 22.6 Å². The lowest BCUT2D eigenvalue weighted by molar-refractivity contribution is -0.136. The summed E-state index contributed by atoms with van der Waals surface area (Å²) in [6, 6.07) is 0. The van der Waals surface area contributed by atoms with E-state index in [1.165, 1.54) is 7.11 Å². The second kappa shape index (κ2) is 7.97. The molecule has 0 N–H and O–H groups in total. The van der Waals surface area contributed by atoms with E-state index in [2.05, 4.69) is 74.3 Å². The molecule has 0 aromatic carbocycles. The molecule has 0 aromatic rings. The Kier molecular flexibility index (Phi) is 7.19. The SMILES string of the molecule is C=C1[C@H](O[Si](C)(C)C(C)(C)C)C=C(C(=O)OC)C[C@H]1O[Si](C)(C)C(C)(C)C.